The maximum Gasteiger partial charge on any atom is 0.0623 e. The Morgan fingerprint density at radius 2 is 2.29 bits per heavy atom. The van der Waals surface area contributed by atoms with Crippen molar-refractivity contribution in [3.63, 3.8) is 0 Å². The van der Waals surface area contributed by atoms with Gasteiger partial charge < -0.3 is 14.8 Å². The van der Waals surface area contributed by atoms with Crippen molar-refractivity contribution >= 4 is 0 Å². The number of hydrogen-bond acceptors (Lipinski definition) is 3. The monoisotopic (exact) mass is 201 g/mol. The highest BCUT2D eigenvalue weighted by Gasteiger charge is 2.13. The maximum atomic E-state index is 5.74. The Morgan fingerprint density at radius 3 is 2.93 bits per heavy atom. The third kappa shape index (κ3) is 4.94. The van der Waals surface area contributed by atoms with Crippen molar-refractivity contribution in [2.75, 3.05) is 26.9 Å². The van der Waals surface area contributed by atoms with Crippen LogP contribution in [0.15, 0.2) is 0 Å². The van der Waals surface area contributed by atoms with Gasteiger partial charge in [-0.25, -0.2) is 0 Å². The van der Waals surface area contributed by atoms with Gasteiger partial charge in [0.1, 0.15) is 0 Å². The van der Waals surface area contributed by atoms with Crippen molar-refractivity contribution < 1.29 is 9.47 Å². The zero-order chi connectivity index (χ0) is 10.2. The van der Waals surface area contributed by atoms with Gasteiger partial charge in [0.15, 0.2) is 0 Å². The molecule has 1 N–H and O–H groups in total. The van der Waals surface area contributed by atoms with Crippen molar-refractivity contribution in [3.05, 3.63) is 0 Å². The van der Waals surface area contributed by atoms with Gasteiger partial charge in [-0.3, -0.25) is 0 Å². The van der Waals surface area contributed by atoms with Crippen LogP contribution in [0.25, 0.3) is 0 Å². The lowest BCUT2D eigenvalue weighted by molar-refractivity contribution is 0.0248. The summed E-state index contributed by atoms with van der Waals surface area (Å²) in [6.45, 7) is 4.91. The molecule has 2 unspecified atom stereocenters. The highest BCUT2D eigenvalue weighted by atomic mass is 16.5. The van der Waals surface area contributed by atoms with Gasteiger partial charge >= 0.3 is 0 Å². The largest absolute Gasteiger partial charge is 0.385 e. The van der Waals surface area contributed by atoms with E-state index in [1.54, 1.807) is 7.11 Å². The van der Waals surface area contributed by atoms with Gasteiger partial charge in [0.05, 0.1) is 12.7 Å². The van der Waals surface area contributed by atoms with E-state index in [-0.39, 0.29) is 0 Å². The third-order valence-electron chi connectivity index (χ3n) is 2.72. The van der Waals surface area contributed by atoms with Crippen LogP contribution in [0.1, 0.15) is 32.6 Å². The van der Waals surface area contributed by atoms with Crippen LogP contribution in [0.3, 0.4) is 0 Å². The van der Waals surface area contributed by atoms with Crippen LogP contribution >= 0.6 is 0 Å². The fraction of sp³-hybridized carbons (Fsp3) is 1.00. The summed E-state index contributed by atoms with van der Waals surface area (Å²) in [6.07, 6.45) is 5.22. The van der Waals surface area contributed by atoms with Gasteiger partial charge in [-0.05, 0) is 32.7 Å². The minimum Gasteiger partial charge on any atom is -0.385 e. The summed E-state index contributed by atoms with van der Waals surface area (Å²) in [5.41, 5.74) is 0. The van der Waals surface area contributed by atoms with Crippen LogP contribution in [0.5, 0.6) is 0 Å². The Labute approximate surface area is 87.2 Å². The second-order valence-electron chi connectivity index (χ2n) is 4.07. The summed E-state index contributed by atoms with van der Waals surface area (Å²) in [4.78, 5) is 0. The van der Waals surface area contributed by atoms with Gasteiger partial charge in [0.25, 0.3) is 0 Å². The van der Waals surface area contributed by atoms with E-state index in [0.29, 0.717) is 12.1 Å². The van der Waals surface area contributed by atoms with Gasteiger partial charge in [0.2, 0.25) is 0 Å². The smallest absolute Gasteiger partial charge is 0.0623 e. The molecule has 0 aromatic heterocycles. The fourth-order valence-electron chi connectivity index (χ4n) is 1.71. The van der Waals surface area contributed by atoms with Crippen LogP contribution in [-0.4, -0.2) is 39.0 Å². The summed E-state index contributed by atoms with van der Waals surface area (Å²) in [5.74, 6) is 0. The number of rotatable bonds is 6. The molecule has 0 amide bonds. The highest BCUT2D eigenvalue weighted by Crippen LogP contribution is 2.08. The molecule has 3 nitrogen and oxygen atoms in total. The molecule has 14 heavy (non-hydrogen) atoms. The molecule has 84 valence electrons. The lowest BCUT2D eigenvalue weighted by Gasteiger charge is -2.24. The molecule has 1 aliphatic rings. The topological polar surface area (TPSA) is 30.5 Å². The molecule has 2 atom stereocenters. The predicted molar refractivity (Wildman–Crippen MR) is 57.5 cm³/mol. The average molecular weight is 201 g/mol. The third-order valence-corrected chi connectivity index (χ3v) is 2.72. The van der Waals surface area contributed by atoms with Crippen molar-refractivity contribution in [2.24, 2.45) is 0 Å². The van der Waals surface area contributed by atoms with Gasteiger partial charge in [0, 0.05) is 19.8 Å². The summed E-state index contributed by atoms with van der Waals surface area (Å²) >= 11 is 0. The van der Waals surface area contributed by atoms with Crippen LogP contribution in [-0.2, 0) is 9.47 Å². The minimum atomic E-state index is 0.318. The second kappa shape index (κ2) is 7.21. The SMILES string of the molecule is COCCC(C)OCC1CCCCN1. The van der Waals surface area contributed by atoms with E-state index in [9.17, 15) is 0 Å². The molecule has 0 aromatic carbocycles. The van der Waals surface area contributed by atoms with Crippen LogP contribution in [0, 0.1) is 0 Å². The van der Waals surface area contributed by atoms with E-state index in [4.69, 9.17) is 9.47 Å². The van der Waals surface area contributed by atoms with Crippen LogP contribution < -0.4 is 5.32 Å². The molecule has 1 aliphatic heterocycles. The Hall–Kier alpha value is -0.120. The minimum absolute atomic E-state index is 0.318. The van der Waals surface area contributed by atoms with Crippen molar-refractivity contribution in [1.29, 1.82) is 0 Å². The number of ether oxygens (including phenoxy) is 2. The summed E-state index contributed by atoms with van der Waals surface area (Å²) < 4.78 is 10.7. The number of piperidine rings is 1. The predicted octanol–water partition coefficient (Wildman–Crippen LogP) is 1.57. The van der Waals surface area contributed by atoms with Crippen molar-refractivity contribution in [1.82, 2.24) is 5.32 Å². The summed E-state index contributed by atoms with van der Waals surface area (Å²) in [6, 6.07) is 0.578. The van der Waals surface area contributed by atoms with E-state index >= 15 is 0 Å². The molecule has 1 heterocycles. The first-order chi connectivity index (χ1) is 6.83. The van der Waals surface area contributed by atoms with E-state index in [1.165, 1.54) is 19.3 Å². The molecule has 1 fully saturated rings. The fourth-order valence-corrected chi connectivity index (χ4v) is 1.71. The Kier molecular flexibility index (Phi) is 6.15. The lowest BCUT2D eigenvalue weighted by Crippen LogP contribution is -2.38. The number of nitrogens with one attached hydrogen (secondary N) is 1. The standard InChI is InChI=1S/C11H23NO2/c1-10(6-8-13-2)14-9-11-5-3-4-7-12-11/h10-12H,3-9H2,1-2H3. The normalized spacial score (nSPS) is 24.9. The van der Waals surface area contributed by atoms with Crippen molar-refractivity contribution in [2.45, 2.75) is 44.8 Å². The molecule has 3 heteroatoms. The molecule has 1 saturated heterocycles. The maximum absolute atomic E-state index is 5.74. The average Bonchev–Trinajstić information content (AvgIpc) is 2.25. The highest BCUT2D eigenvalue weighted by molar-refractivity contribution is 4.71. The molecule has 0 bridgehead atoms. The van der Waals surface area contributed by atoms with Gasteiger partial charge in [-0.1, -0.05) is 6.42 Å². The quantitative estimate of drug-likeness (QED) is 0.707. The molecule has 1 rings (SSSR count). The molecule has 0 spiro atoms. The summed E-state index contributed by atoms with van der Waals surface area (Å²) in [7, 11) is 1.73. The molecule has 0 radical (unpaired) electrons. The summed E-state index contributed by atoms with van der Waals surface area (Å²) in [5, 5.41) is 3.47. The zero-order valence-corrected chi connectivity index (χ0v) is 9.42. The lowest BCUT2D eigenvalue weighted by atomic mass is 10.1. The van der Waals surface area contributed by atoms with Gasteiger partial charge in [-0.15, -0.1) is 0 Å². The molecule has 0 aromatic rings. The Morgan fingerprint density at radius 1 is 1.43 bits per heavy atom. The Balaban J connectivity index is 2.00. The zero-order valence-electron chi connectivity index (χ0n) is 9.42. The van der Waals surface area contributed by atoms with Crippen LogP contribution in [0.2, 0.25) is 0 Å². The second-order valence-corrected chi connectivity index (χ2v) is 4.07. The molecular formula is C11H23NO2. The first-order valence-corrected chi connectivity index (χ1v) is 5.67. The van der Waals surface area contributed by atoms with E-state index < -0.39 is 0 Å². The first kappa shape index (κ1) is 12.0. The molecule has 0 saturated carbocycles. The van der Waals surface area contributed by atoms with Gasteiger partial charge in [-0.2, -0.15) is 0 Å². The molecular weight excluding hydrogens is 178 g/mol. The number of hydrogen-bond donors (Lipinski definition) is 1. The molecule has 0 aliphatic carbocycles. The Bertz CT molecular complexity index is 135. The number of methoxy groups -OCH3 is 1. The van der Waals surface area contributed by atoms with E-state index in [0.717, 1.165) is 26.2 Å². The van der Waals surface area contributed by atoms with E-state index in [2.05, 4.69) is 12.2 Å². The van der Waals surface area contributed by atoms with Crippen LogP contribution in [0.4, 0.5) is 0 Å². The van der Waals surface area contributed by atoms with Crippen molar-refractivity contribution in [3.8, 4) is 0 Å². The first-order valence-electron chi connectivity index (χ1n) is 5.67. The van der Waals surface area contributed by atoms with E-state index in [1.807, 2.05) is 0 Å².